The van der Waals surface area contributed by atoms with Gasteiger partial charge in [0.15, 0.2) is 0 Å². The molecule has 1 heteroatoms. The van der Waals surface area contributed by atoms with Gasteiger partial charge in [0, 0.05) is 4.90 Å². The highest BCUT2D eigenvalue weighted by Crippen LogP contribution is 2.13. The van der Waals surface area contributed by atoms with Crippen LogP contribution in [0.2, 0.25) is 0 Å². The van der Waals surface area contributed by atoms with Crippen LogP contribution < -0.4 is 0 Å². The summed E-state index contributed by atoms with van der Waals surface area (Å²) in [4.78, 5) is 1.03. The number of benzene rings is 2. The molecule has 19 heavy (non-hydrogen) atoms. The van der Waals surface area contributed by atoms with Crippen molar-refractivity contribution >= 4 is 12.6 Å². The first-order valence-electron chi connectivity index (χ1n) is 7.13. The quantitative estimate of drug-likeness (QED) is 0.693. The lowest BCUT2D eigenvalue weighted by Gasteiger charge is -2.05. The van der Waals surface area contributed by atoms with E-state index in [1.807, 2.05) is 0 Å². The summed E-state index contributed by atoms with van der Waals surface area (Å²) in [6, 6.07) is 17.6. The number of unbranched alkanes of at least 4 members (excludes halogenated alkanes) is 1. The van der Waals surface area contributed by atoms with Crippen molar-refractivity contribution in [3.05, 3.63) is 65.2 Å². The molecule has 2 aromatic carbocycles. The Labute approximate surface area is 122 Å². The van der Waals surface area contributed by atoms with E-state index >= 15 is 0 Å². The molecule has 0 bridgehead atoms. The summed E-state index contributed by atoms with van der Waals surface area (Å²) in [7, 11) is 0. The average Bonchev–Trinajstić information content (AvgIpc) is 2.46. The van der Waals surface area contributed by atoms with Crippen molar-refractivity contribution < 1.29 is 0 Å². The minimum atomic E-state index is 1.03. The van der Waals surface area contributed by atoms with E-state index in [4.69, 9.17) is 0 Å². The highest BCUT2D eigenvalue weighted by molar-refractivity contribution is 7.80. The highest BCUT2D eigenvalue weighted by atomic mass is 32.1. The molecule has 2 rings (SSSR count). The Morgan fingerprint density at radius 1 is 0.684 bits per heavy atom. The molecule has 0 radical (unpaired) electrons. The molecule has 0 aliphatic heterocycles. The maximum atomic E-state index is 4.31. The van der Waals surface area contributed by atoms with Crippen LogP contribution in [0.1, 0.15) is 36.5 Å². The Hall–Kier alpha value is -1.21. The van der Waals surface area contributed by atoms with Gasteiger partial charge in [-0.1, -0.05) is 49.7 Å². The van der Waals surface area contributed by atoms with Crippen molar-refractivity contribution in [2.24, 2.45) is 0 Å². The van der Waals surface area contributed by atoms with Crippen molar-refractivity contribution in [1.82, 2.24) is 0 Å². The Morgan fingerprint density at radius 2 is 1.11 bits per heavy atom. The SMILES string of the molecule is CCCCc1ccc(CCc2ccc(S)cc2)cc1. The number of rotatable bonds is 6. The molecule has 0 saturated heterocycles. The second-order valence-corrected chi connectivity index (χ2v) is 5.60. The molecular weight excluding hydrogens is 248 g/mol. The summed E-state index contributed by atoms with van der Waals surface area (Å²) in [5, 5.41) is 0. The van der Waals surface area contributed by atoms with Crippen LogP contribution in [0.3, 0.4) is 0 Å². The van der Waals surface area contributed by atoms with E-state index in [9.17, 15) is 0 Å². The predicted molar refractivity (Wildman–Crippen MR) is 86.2 cm³/mol. The zero-order valence-electron chi connectivity index (χ0n) is 11.6. The minimum Gasteiger partial charge on any atom is -0.143 e. The van der Waals surface area contributed by atoms with Crippen molar-refractivity contribution in [3.63, 3.8) is 0 Å². The van der Waals surface area contributed by atoms with Crippen LogP contribution in [0.5, 0.6) is 0 Å². The van der Waals surface area contributed by atoms with Crippen molar-refractivity contribution in [2.45, 2.75) is 43.9 Å². The molecule has 100 valence electrons. The first kappa shape index (κ1) is 14.2. The number of hydrogen-bond acceptors (Lipinski definition) is 1. The van der Waals surface area contributed by atoms with E-state index < -0.39 is 0 Å². The van der Waals surface area contributed by atoms with Gasteiger partial charge in [-0.25, -0.2) is 0 Å². The van der Waals surface area contributed by atoms with Gasteiger partial charge in [0.25, 0.3) is 0 Å². The topological polar surface area (TPSA) is 0 Å². The van der Waals surface area contributed by atoms with Crippen LogP contribution in [0.25, 0.3) is 0 Å². The summed E-state index contributed by atoms with van der Waals surface area (Å²) in [6.45, 7) is 2.24. The van der Waals surface area contributed by atoms with E-state index in [1.54, 1.807) is 0 Å². The maximum absolute atomic E-state index is 4.31. The summed E-state index contributed by atoms with van der Waals surface area (Å²) >= 11 is 4.31. The summed E-state index contributed by atoms with van der Waals surface area (Å²) in [5.74, 6) is 0. The second-order valence-electron chi connectivity index (χ2n) is 5.09. The highest BCUT2D eigenvalue weighted by Gasteiger charge is 1.97. The van der Waals surface area contributed by atoms with Crippen molar-refractivity contribution in [3.8, 4) is 0 Å². The van der Waals surface area contributed by atoms with Crippen molar-refractivity contribution in [1.29, 1.82) is 0 Å². The van der Waals surface area contributed by atoms with Gasteiger partial charge in [0.05, 0.1) is 0 Å². The fraction of sp³-hybridized carbons (Fsp3) is 0.333. The molecule has 0 N–H and O–H groups in total. The van der Waals surface area contributed by atoms with Gasteiger partial charge in [-0.2, -0.15) is 0 Å². The molecule has 0 nitrogen and oxygen atoms in total. The van der Waals surface area contributed by atoms with Gasteiger partial charge in [0.2, 0.25) is 0 Å². The summed E-state index contributed by atoms with van der Waals surface area (Å²) in [5.41, 5.74) is 4.27. The van der Waals surface area contributed by atoms with Gasteiger partial charge in [-0.3, -0.25) is 0 Å². The van der Waals surface area contributed by atoms with E-state index in [0.717, 1.165) is 17.7 Å². The maximum Gasteiger partial charge on any atom is 0.00401 e. The molecule has 0 fully saturated rings. The van der Waals surface area contributed by atoms with Gasteiger partial charge in [-0.15, -0.1) is 12.6 Å². The van der Waals surface area contributed by atoms with Crippen LogP contribution >= 0.6 is 12.6 Å². The number of aryl methyl sites for hydroxylation is 3. The minimum absolute atomic E-state index is 1.03. The number of hydrogen-bond donors (Lipinski definition) is 1. The standard InChI is InChI=1S/C18H22S/c1-2-3-4-15-5-7-16(8-6-15)9-10-17-11-13-18(19)14-12-17/h5-8,11-14,19H,2-4,9-10H2,1H3. The zero-order chi connectivity index (χ0) is 13.5. The molecular formula is C18H22S. The lowest BCUT2D eigenvalue weighted by atomic mass is 10.0. The average molecular weight is 270 g/mol. The van der Waals surface area contributed by atoms with Crippen molar-refractivity contribution in [2.75, 3.05) is 0 Å². The first-order valence-corrected chi connectivity index (χ1v) is 7.58. The molecule has 0 aromatic heterocycles. The Kier molecular flexibility index (Phi) is 5.53. The van der Waals surface area contributed by atoms with Gasteiger partial charge >= 0.3 is 0 Å². The largest absolute Gasteiger partial charge is 0.143 e. The summed E-state index contributed by atoms with van der Waals surface area (Å²) in [6.07, 6.45) is 5.97. The van der Waals surface area contributed by atoms with E-state index in [1.165, 1.54) is 36.0 Å². The Balaban J connectivity index is 1.87. The van der Waals surface area contributed by atoms with E-state index in [2.05, 4.69) is 68.1 Å². The van der Waals surface area contributed by atoms with Crippen LogP contribution in [0.15, 0.2) is 53.4 Å². The second kappa shape index (κ2) is 7.40. The van der Waals surface area contributed by atoms with Crippen LogP contribution in [0.4, 0.5) is 0 Å². The monoisotopic (exact) mass is 270 g/mol. The third kappa shape index (κ3) is 4.76. The molecule has 0 amide bonds. The zero-order valence-corrected chi connectivity index (χ0v) is 12.5. The fourth-order valence-corrected chi connectivity index (χ4v) is 2.35. The lowest BCUT2D eigenvalue weighted by Crippen LogP contribution is -1.92. The third-order valence-corrected chi connectivity index (χ3v) is 3.78. The number of thiol groups is 1. The predicted octanol–water partition coefficient (Wildman–Crippen LogP) is 5.10. The molecule has 0 aliphatic carbocycles. The van der Waals surface area contributed by atoms with E-state index in [-0.39, 0.29) is 0 Å². The van der Waals surface area contributed by atoms with Crippen LogP contribution in [-0.4, -0.2) is 0 Å². The Morgan fingerprint density at radius 3 is 1.58 bits per heavy atom. The molecule has 2 aromatic rings. The molecule has 0 spiro atoms. The molecule has 0 aliphatic rings. The normalized spacial score (nSPS) is 10.6. The summed E-state index contributed by atoms with van der Waals surface area (Å²) < 4.78 is 0. The van der Waals surface area contributed by atoms with Crippen LogP contribution in [0, 0.1) is 0 Å². The first-order chi connectivity index (χ1) is 9.28. The molecule has 0 unspecified atom stereocenters. The van der Waals surface area contributed by atoms with Gasteiger partial charge < -0.3 is 0 Å². The van der Waals surface area contributed by atoms with Crippen LogP contribution in [-0.2, 0) is 19.3 Å². The fourth-order valence-electron chi connectivity index (χ4n) is 2.20. The van der Waals surface area contributed by atoms with Gasteiger partial charge in [0.1, 0.15) is 0 Å². The third-order valence-electron chi connectivity index (χ3n) is 3.48. The smallest absolute Gasteiger partial charge is 0.00401 e. The van der Waals surface area contributed by atoms with Gasteiger partial charge in [-0.05, 0) is 54.5 Å². The lowest BCUT2D eigenvalue weighted by molar-refractivity contribution is 0.794. The molecule has 0 atom stereocenters. The van der Waals surface area contributed by atoms with E-state index in [0.29, 0.717) is 0 Å². The Bertz CT molecular complexity index is 482. The molecule has 0 heterocycles. The molecule has 0 saturated carbocycles.